The van der Waals surface area contributed by atoms with Crippen molar-refractivity contribution in [3.05, 3.63) is 28.1 Å². The summed E-state index contributed by atoms with van der Waals surface area (Å²) in [5, 5.41) is 5.34. The molecule has 0 aliphatic carbocycles. The van der Waals surface area contributed by atoms with E-state index in [9.17, 15) is 4.39 Å². The van der Waals surface area contributed by atoms with Gasteiger partial charge in [0, 0.05) is 16.5 Å². The highest BCUT2D eigenvalue weighted by atomic mass is 79.9. The van der Waals surface area contributed by atoms with Crippen molar-refractivity contribution >= 4 is 34.9 Å². The zero-order valence-electron chi connectivity index (χ0n) is 13.6. The molecule has 3 nitrogen and oxygen atoms in total. The fourth-order valence-corrected chi connectivity index (χ4v) is 3.58. The van der Waals surface area contributed by atoms with Crippen molar-refractivity contribution in [3.63, 3.8) is 0 Å². The van der Waals surface area contributed by atoms with Crippen LogP contribution in [0.4, 0.5) is 4.39 Å². The molecular formula is C17H20BrFN2OSi. The normalized spacial score (nSPS) is 18.7. The second-order valence-corrected chi connectivity index (χ2v) is 12.6. The monoisotopic (exact) mass is 394 g/mol. The molecule has 0 amide bonds. The predicted octanol–water partition coefficient (Wildman–Crippen LogP) is 4.87. The lowest BCUT2D eigenvalue weighted by atomic mass is 10.1. The summed E-state index contributed by atoms with van der Waals surface area (Å²) in [4.78, 5) is 0. The van der Waals surface area contributed by atoms with Crippen LogP contribution in [0.25, 0.3) is 10.9 Å². The van der Waals surface area contributed by atoms with Crippen LogP contribution in [0.5, 0.6) is 0 Å². The maximum atomic E-state index is 14.6. The highest BCUT2D eigenvalue weighted by molar-refractivity contribution is 9.10. The number of fused-ring (bicyclic) bond motifs is 1. The molecule has 1 saturated heterocycles. The number of hydrogen-bond donors (Lipinski definition) is 0. The minimum absolute atomic E-state index is 0.204. The third-order valence-electron chi connectivity index (χ3n) is 3.70. The Balaban J connectivity index is 2.18. The first-order valence-electron chi connectivity index (χ1n) is 7.87. The fraction of sp³-hybridized carbons (Fsp3) is 0.471. The van der Waals surface area contributed by atoms with Crippen molar-refractivity contribution in [2.24, 2.45) is 0 Å². The van der Waals surface area contributed by atoms with Gasteiger partial charge in [-0.2, -0.15) is 5.10 Å². The average molecular weight is 395 g/mol. The molecule has 1 fully saturated rings. The zero-order chi connectivity index (χ0) is 16.6. The predicted molar refractivity (Wildman–Crippen MR) is 96.5 cm³/mol. The van der Waals surface area contributed by atoms with Crippen molar-refractivity contribution < 1.29 is 9.13 Å². The quantitative estimate of drug-likeness (QED) is 0.509. The lowest BCUT2D eigenvalue weighted by Gasteiger charge is -2.23. The summed E-state index contributed by atoms with van der Waals surface area (Å²) in [6.45, 7) is 7.24. The van der Waals surface area contributed by atoms with Crippen LogP contribution in [-0.2, 0) is 4.74 Å². The molecule has 0 N–H and O–H groups in total. The number of nitrogens with zero attached hydrogens (tertiary/aromatic N) is 2. The SMILES string of the molecule is C[Si](C)(C)C#Cc1nn(C2CCCCO2)c2c(F)cc(Br)cc12. The van der Waals surface area contributed by atoms with Crippen LogP contribution in [0, 0.1) is 17.3 Å². The van der Waals surface area contributed by atoms with E-state index in [0.29, 0.717) is 22.3 Å². The van der Waals surface area contributed by atoms with Gasteiger partial charge in [-0.15, -0.1) is 5.54 Å². The molecule has 1 aromatic carbocycles. The Labute approximate surface area is 145 Å². The van der Waals surface area contributed by atoms with Crippen LogP contribution in [0.1, 0.15) is 31.2 Å². The topological polar surface area (TPSA) is 27.1 Å². The van der Waals surface area contributed by atoms with Gasteiger partial charge in [0.25, 0.3) is 0 Å². The molecule has 0 radical (unpaired) electrons. The van der Waals surface area contributed by atoms with E-state index in [1.807, 2.05) is 6.07 Å². The average Bonchev–Trinajstić information content (AvgIpc) is 2.84. The van der Waals surface area contributed by atoms with E-state index in [0.717, 1.165) is 24.6 Å². The second kappa shape index (κ2) is 6.38. The summed E-state index contributed by atoms with van der Waals surface area (Å²) in [6.07, 6.45) is 2.77. The molecule has 1 aliphatic heterocycles. The zero-order valence-corrected chi connectivity index (χ0v) is 16.2. The molecule has 0 saturated carbocycles. The minimum atomic E-state index is -1.53. The van der Waals surface area contributed by atoms with Gasteiger partial charge in [-0.05, 0) is 31.4 Å². The van der Waals surface area contributed by atoms with E-state index < -0.39 is 8.07 Å². The van der Waals surface area contributed by atoms with Crippen LogP contribution in [-0.4, -0.2) is 24.5 Å². The fourth-order valence-electron chi connectivity index (χ4n) is 2.65. The first kappa shape index (κ1) is 16.7. The van der Waals surface area contributed by atoms with Gasteiger partial charge in [0.1, 0.15) is 25.1 Å². The van der Waals surface area contributed by atoms with Gasteiger partial charge in [0.2, 0.25) is 0 Å². The van der Waals surface area contributed by atoms with Gasteiger partial charge in [0.15, 0.2) is 6.23 Å². The third-order valence-corrected chi connectivity index (χ3v) is 5.04. The molecule has 1 unspecified atom stereocenters. The van der Waals surface area contributed by atoms with E-state index >= 15 is 0 Å². The standard InChI is InChI=1S/C17H20BrFN2OSi/c1-23(2,3)9-7-15-13-10-12(18)11-14(19)17(13)21(20-15)16-6-4-5-8-22-16/h10-11,16H,4-6,8H2,1-3H3. The summed E-state index contributed by atoms with van der Waals surface area (Å²) in [5.41, 5.74) is 4.44. The molecule has 0 bridgehead atoms. The Kier molecular flexibility index (Phi) is 4.63. The molecule has 6 heteroatoms. The van der Waals surface area contributed by atoms with E-state index in [2.05, 4.69) is 52.1 Å². The number of ether oxygens (including phenoxy) is 1. The van der Waals surface area contributed by atoms with Gasteiger partial charge < -0.3 is 4.74 Å². The van der Waals surface area contributed by atoms with Crippen LogP contribution in [0.15, 0.2) is 16.6 Å². The largest absolute Gasteiger partial charge is 0.356 e. The Morgan fingerprint density at radius 1 is 1.35 bits per heavy atom. The molecule has 2 aromatic rings. The van der Waals surface area contributed by atoms with Gasteiger partial charge in [-0.3, -0.25) is 0 Å². The minimum Gasteiger partial charge on any atom is -0.356 e. The highest BCUT2D eigenvalue weighted by Gasteiger charge is 2.23. The van der Waals surface area contributed by atoms with Crippen molar-refractivity contribution in [3.8, 4) is 11.5 Å². The summed E-state index contributed by atoms with van der Waals surface area (Å²) >= 11 is 3.37. The Hall–Kier alpha value is -1.16. The smallest absolute Gasteiger partial charge is 0.151 e. The van der Waals surface area contributed by atoms with E-state index in [4.69, 9.17) is 4.74 Å². The van der Waals surface area contributed by atoms with Crippen molar-refractivity contribution in [1.82, 2.24) is 9.78 Å². The van der Waals surface area contributed by atoms with Gasteiger partial charge >= 0.3 is 0 Å². The molecule has 1 atom stereocenters. The van der Waals surface area contributed by atoms with Gasteiger partial charge in [-0.25, -0.2) is 9.07 Å². The Bertz CT molecular complexity index is 795. The molecule has 2 heterocycles. The van der Waals surface area contributed by atoms with Gasteiger partial charge in [0.05, 0.1) is 0 Å². The number of halogens is 2. The number of aromatic nitrogens is 2. The second-order valence-electron chi connectivity index (χ2n) is 6.90. The summed E-state index contributed by atoms with van der Waals surface area (Å²) in [6, 6.07) is 3.36. The highest BCUT2D eigenvalue weighted by Crippen LogP contribution is 2.31. The maximum Gasteiger partial charge on any atom is 0.151 e. The van der Waals surface area contributed by atoms with Crippen LogP contribution >= 0.6 is 15.9 Å². The molecular weight excluding hydrogens is 375 g/mol. The lowest BCUT2D eigenvalue weighted by molar-refractivity contribution is -0.0370. The first-order valence-corrected chi connectivity index (χ1v) is 12.2. The summed E-state index contributed by atoms with van der Waals surface area (Å²) in [5.74, 6) is 2.88. The number of hydrogen-bond acceptors (Lipinski definition) is 2. The van der Waals surface area contributed by atoms with Crippen molar-refractivity contribution in [1.29, 1.82) is 0 Å². The molecule has 1 aromatic heterocycles. The van der Waals surface area contributed by atoms with Crippen LogP contribution in [0.2, 0.25) is 19.6 Å². The lowest BCUT2D eigenvalue weighted by Crippen LogP contribution is -2.19. The molecule has 0 spiro atoms. The Morgan fingerprint density at radius 3 is 2.78 bits per heavy atom. The van der Waals surface area contributed by atoms with Crippen molar-refractivity contribution in [2.45, 2.75) is 45.1 Å². The number of benzene rings is 1. The van der Waals surface area contributed by atoms with E-state index in [1.165, 1.54) is 6.07 Å². The first-order chi connectivity index (χ1) is 10.8. The molecule has 122 valence electrons. The molecule has 23 heavy (non-hydrogen) atoms. The third kappa shape index (κ3) is 3.68. The summed E-state index contributed by atoms with van der Waals surface area (Å²) < 4.78 is 22.7. The van der Waals surface area contributed by atoms with Gasteiger partial charge in [-0.1, -0.05) is 41.5 Å². The van der Waals surface area contributed by atoms with E-state index in [-0.39, 0.29) is 12.0 Å². The molecule has 1 aliphatic rings. The Morgan fingerprint density at radius 2 is 2.13 bits per heavy atom. The van der Waals surface area contributed by atoms with Crippen LogP contribution < -0.4 is 0 Å². The van der Waals surface area contributed by atoms with Crippen LogP contribution in [0.3, 0.4) is 0 Å². The molecule has 3 rings (SSSR count). The summed E-state index contributed by atoms with van der Waals surface area (Å²) in [7, 11) is -1.53. The maximum absolute atomic E-state index is 14.6. The number of rotatable bonds is 1. The van der Waals surface area contributed by atoms with E-state index in [1.54, 1.807) is 4.68 Å². The van der Waals surface area contributed by atoms with Crippen molar-refractivity contribution in [2.75, 3.05) is 6.61 Å².